The number of hydrogen-bond donors (Lipinski definition) is 2. The summed E-state index contributed by atoms with van der Waals surface area (Å²) in [4.78, 5) is 11.4. The van der Waals surface area contributed by atoms with Crippen LogP contribution in [0.5, 0.6) is 0 Å². The van der Waals surface area contributed by atoms with E-state index in [1.54, 1.807) is 0 Å². The molecule has 4 heteroatoms. The van der Waals surface area contributed by atoms with Crippen molar-refractivity contribution >= 4 is 5.97 Å². The fourth-order valence-electron chi connectivity index (χ4n) is 2.24. The van der Waals surface area contributed by atoms with Crippen LogP contribution in [0.15, 0.2) is 36.5 Å². The summed E-state index contributed by atoms with van der Waals surface area (Å²) in [5.41, 5.74) is 0. The molecule has 0 aromatic heterocycles. The van der Waals surface area contributed by atoms with Crippen LogP contribution in [0.25, 0.3) is 0 Å². The van der Waals surface area contributed by atoms with Crippen LogP contribution < -0.4 is 0 Å². The van der Waals surface area contributed by atoms with Crippen molar-refractivity contribution < 1.29 is 19.7 Å². The predicted molar refractivity (Wildman–Crippen MR) is 103 cm³/mol. The van der Waals surface area contributed by atoms with Crippen LogP contribution in [0, 0.1) is 0 Å². The molecule has 0 aromatic carbocycles. The molecule has 2 N–H and O–H groups in total. The highest BCUT2D eigenvalue weighted by Gasteiger charge is 2.11. The Bertz CT molecular complexity index is 381. The molecule has 25 heavy (non-hydrogen) atoms. The first-order chi connectivity index (χ1) is 12.2. The van der Waals surface area contributed by atoms with Crippen molar-refractivity contribution in [1.82, 2.24) is 0 Å². The summed E-state index contributed by atoms with van der Waals surface area (Å²) in [6.45, 7) is 1.53. The molecule has 0 fully saturated rings. The first-order valence-corrected chi connectivity index (χ1v) is 9.64. The van der Waals surface area contributed by atoms with E-state index in [1.807, 2.05) is 0 Å². The Kier molecular flexibility index (Phi) is 17.9. The standard InChI is InChI=1S/C21H36O4/c1-2-3-4-5-6-7-8-9-10-11-12-13-14-15-16-17-21(24)25-20(18-22)19-23/h5-10,20,22-23H,2-4,11-19H2,1H3/b6-5+,8-7-,10-9+. The summed E-state index contributed by atoms with van der Waals surface area (Å²) in [6.07, 6.45) is 22.3. The first kappa shape index (κ1) is 23.6. The minimum atomic E-state index is -0.778. The normalized spacial score (nSPS) is 12.2. The van der Waals surface area contributed by atoms with Crippen LogP contribution in [0.4, 0.5) is 0 Å². The van der Waals surface area contributed by atoms with Crippen molar-refractivity contribution in [2.45, 2.75) is 77.2 Å². The van der Waals surface area contributed by atoms with Gasteiger partial charge in [-0.2, -0.15) is 0 Å². The minimum Gasteiger partial charge on any atom is -0.457 e. The number of carbonyl (C=O) groups is 1. The maximum absolute atomic E-state index is 11.4. The number of aliphatic hydroxyl groups is 2. The zero-order valence-corrected chi connectivity index (χ0v) is 15.7. The van der Waals surface area contributed by atoms with Gasteiger partial charge in [-0.25, -0.2) is 0 Å². The molecule has 0 amide bonds. The lowest BCUT2D eigenvalue weighted by molar-refractivity contribution is -0.153. The zero-order valence-electron chi connectivity index (χ0n) is 15.7. The fourth-order valence-corrected chi connectivity index (χ4v) is 2.24. The van der Waals surface area contributed by atoms with Gasteiger partial charge in [-0.05, 0) is 25.7 Å². The minimum absolute atomic E-state index is 0.333. The fraction of sp³-hybridized carbons (Fsp3) is 0.667. The van der Waals surface area contributed by atoms with Gasteiger partial charge in [0.25, 0.3) is 0 Å². The van der Waals surface area contributed by atoms with Crippen molar-refractivity contribution in [1.29, 1.82) is 0 Å². The van der Waals surface area contributed by atoms with Gasteiger partial charge in [-0.1, -0.05) is 75.5 Å². The molecule has 0 saturated carbocycles. The van der Waals surface area contributed by atoms with Gasteiger partial charge in [0.2, 0.25) is 0 Å². The van der Waals surface area contributed by atoms with Gasteiger partial charge in [0.1, 0.15) is 6.10 Å². The monoisotopic (exact) mass is 352 g/mol. The molecule has 0 rings (SSSR count). The Labute approximate surface area is 153 Å². The number of aliphatic hydroxyl groups excluding tert-OH is 2. The third kappa shape index (κ3) is 17.2. The third-order valence-electron chi connectivity index (χ3n) is 3.79. The van der Waals surface area contributed by atoms with E-state index in [9.17, 15) is 4.79 Å². The van der Waals surface area contributed by atoms with E-state index in [0.717, 1.165) is 44.9 Å². The van der Waals surface area contributed by atoms with Gasteiger partial charge in [-0.3, -0.25) is 4.79 Å². The molecule has 0 aliphatic heterocycles. The second-order valence-electron chi connectivity index (χ2n) is 6.17. The van der Waals surface area contributed by atoms with Crippen molar-refractivity contribution in [3.05, 3.63) is 36.5 Å². The molecule has 0 aliphatic carbocycles. The van der Waals surface area contributed by atoms with E-state index in [1.165, 1.54) is 12.8 Å². The Morgan fingerprint density at radius 3 is 2.00 bits per heavy atom. The van der Waals surface area contributed by atoms with E-state index in [4.69, 9.17) is 14.9 Å². The molecule has 4 nitrogen and oxygen atoms in total. The van der Waals surface area contributed by atoms with Gasteiger partial charge in [-0.15, -0.1) is 0 Å². The summed E-state index contributed by atoms with van der Waals surface area (Å²) in [7, 11) is 0. The van der Waals surface area contributed by atoms with E-state index < -0.39 is 6.10 Å². The SMILES string of the molecule is CCCC/C=C/C=C\C=C\CCCCCCCC(=O)OC(CO)CO. The molecule has 0 aliphatic rings. The van der Waals surface area contributed by atoms with Crippen LogP contribution in [-0.4, -0.2) is 35.5 Å². The zero-order chi connectivity index (χ0) is 18.6. The lowest BCUT2D eigenvalue weighted by Gasteiger charge is -2.12. The summed E-state index contributed by atoms with van der Waals surface area (Å²) in [5, 5.41) is 17.7. The molecule has 0 atom stereocenters. The van der Waals surface area contributed by atoms with Crippen LogP contribution >= 0.6 is 0 Å². The largest absolute Gasteiger partial charge is 0.457 e. The molecule has 0 heterocycles. The second kappa shape index (κ2) is 18.9. The molecule has 0 radical (unpaired) electrons. The lowest BCUT2D eigenvalue weighted by Crippen LogP contribution is -2.25. The van der Waals surface area contributed by atoms with E-state index in [-0.39, 0.29) is 19.2 Å². The molecule has 0 aromatic rings. The Morgan fingerprint density at radius 1 is 0.840 bits per heavy atom. The van der Waals surface area contributed by atoms with Gasteiger partial charge in [0, 0.05) is 6.42 Å². The highest BCUT2D eigenvalue weighted by atomic mass is 16.6. The number of allylic oxidation sites excluding steroid dienone is 6. The highest BCUT2D eigenvalue weighted by Crippen LogP contribution is 2.09. The lowest BCUT2D eigenvalue weighted by atomic mass is 10.1. The number of ether oxygens (including phenoxy) is 1. The van der Waals surface area contributed by atoms with Gasteiger partial charge in [0.05, 0.1) is 13.2 Å². The summed E-state index contributed by atoms with van der Waals surface area (Å²) >= 11 is 0. The number of esters is 1. The smallest absolute Gasteiger partial charge is 0.306 e. The van der Waals surface area contributed by atoms with E-state index >= 15 is 0 Å². The Hall–Kier alpha value is -1.39. The van der Waals surface area contributed by atoms with Crippen LogP contribution in [0.1, 0.15) is 71.1 Å². The average molecular weight is 353 g/mol. The van der Waals surface area contributed by atoms with Crippen molar-refractivity contribution in [2.75, 3.05) is 13.2 Å². The topological polar surface area (TPSA) is 66.8 Å². The Balaban J connectivity index is 3.43. The number of hydrogen-bond acceptors (Lipinski definition) is 4. The van der Waals surface area contributed by atoms with Crippen molar-refractivity contribution in [2.24, 2.45) is 0 Å². The Morgan fingerprint density at radius 2 is 1.40 bits per heavy atom. The molecule has 0 bridgehead atoms. The highest BCUT2D eigenvalue weighted by molar-refractivity contribution is 5.69. The molecule has 0 unspecified atom stereocenters. The van der Waals surface area contributed by atoms with Gasteiger partial charge in [0.15, 0.2) is 0 Å². The summed E-state index contributed by atoms with van der Waals surface area (Å²) < 4.78 is 4.91. The number of carbonyl (C=O) groups excluding carboxylic acids is 1. The average Bonchev–Trinajstić information content (AvgIpc) is 2.62. The van der Waals surface area contributed by atoms with Crippen LogP contribution in [0.2, 0.25) is 0 Å². The predicted octanol–water partition coefficient (Wildman–Crippen LogP) is 4.47. The molecular weight excluding hydrogens is 316 g/mol. The van der Waals surface area contributed by atoms with Gasteiger partial charge < -0.3 is 14.9 Å². The maximum atomic E-state index is 11.4. The van der Waals surface area contributed by atoms with E-state index in [0.29, 0.717) is 6.42 Å². The van der Waals surface area contributed by atoms with E-state index in [2.05, 4.69) is 43.4 Å². The van der Waals surface area contributed by atoms with Gasteiger partial charge >= 0.3 is 5.97 Å². The summed E-state index contributed by atoms with van der Waals surface area (Å²) in [6, 6.07) is 0. The number of unbranched alkanes of at least 4 members (excludes halogenated alkanes) is 7. The second-order valence-corrected chi connectivity index (χ2v) is 6.17. The van der Waals surface area contributed by atoms with Crippen molar-refractivity contribution in [3.63, 3.8) is 0 Å². The number of rotatable bonds is 16. The molecule has 0 spiro atoms. The quantitative estimate of drug-likeness (QED) is 0.244. The van der Waals surface area contributed by atoms with Crippen LogP contribution in [-0.2, 0) is 9.53 Å². The third-order valence-corrected chi connectivity index (χ3v) is 3.79. The maximum Gasteiger partial charge on any atom is 0.306 e. The molecule has 0 saturated heterocycles. The first-order valence-electron chi connectivity index (χ1n) is 9.64. The van der Waals surface area contributed by atoms with Crippen LogP contribution in [0.3, 0.4) is 0 Å². The summed E-state index contributed by atoms with van der Waals surface area (Å²) in [5.74, 6) is -0.341. The molecular formula is C21H36O4. The molecule has 144 valence electrons. The van der Waals surface area contributed by atoms with Crippen molar-refractivity contribution in [3.8, 4) is 0 Å².